The predicted molar refractivity (Wildman–Crippen MR) is 156 cm³/mol. The van der Waals surface area contributed by atoms with E-state index < -0.39 is 0 Å². The number of aryl methyl sites for hydroxylation is 2. The van der Waals surface area contributed by atoms with Crippen LogP contribution in [-0.4, -0.2) is 0 Å². The average Bonchev–Trinajstić information content (AvgIpc) is 2.89. The van der Waals surface area contributed by atoms with Gasteiger partial charge in [-0.3, -0.25) is 0 Å². The summed E-state index contributed by atoms with van der Waals surface area (Å²) < 4.78 is 0. The zero-order valence-electron chi connectivity index (χ0n) is 22.1. The lowest BCUT2D eigenvalue weighted by atomic mass is 9.89. The van der Waals surface area contributed by atoms with Gasteiger partial charge in [-0.25, -0.2) is 0 Å². The van der Waals surface area contributed by atoms with Crippen molar-refractivity contribution >= 4 is 11.6 Å². The van der Waals surface area contributed by atoms with Crippen molar-refractivity contribution in [1.29, 1.82) is 0 Å². The lowest BCUT2D eigenvalue weighted by Crippen LogP contribution is -1.98. The van der Waals surface area contributed by atoms with Gasteiger partial charge in [-0.15, -0.1) is 0 Å². The van der Waals surface area contributed by atoms with Crippen molar-refractivity contribution in [3.63, 3.8) is 0 Å². The molecule has 0 bridgehead atoms. The monoisotopic (exact) mass is 488 g/mol. The molecule has 0 heterocycles. The van der Waals surface area contributed by atoms with Gasteiger partial charge in [-0.1, -0.05) is 150 Å². The molecule has 0 aliphatic heterocycles. The lowest BCUT2D eigenvalue weighted by Gasteiger charge is -2.16. The molecule has 3 aromatic carbocycles. The molecule has 3 aromatic rings. The molecule has 0 nitrogen and oxygen atoms in total. The zero-order chi connectivity index (χ0) is 24.7. The number of benzene rings is 3. The van der Waals surface area contributed by atoms with Gasteiger partial charge in [0.25, 0.3) is 0 Å². The highest BCUT2D eigenvalue weighted by Gasteiger charge is 2.13. The molecular formula is C34H45Cl. The second-order valence-electron chi connectivity index (χ2n) is 10.0. The van der Waals surface area contributed by atoms with E-state index in [0.717, 1.165) is 10.6 Å². The van der Waals surface area contributed by atoms with E-state index in [0.29, 0.717) is 0 Å². The number of unbranched alkanes of at least 4 members (excludes halogenated alkanes) is 10. The van der Waals surface area contributed by atoms with E-state index >= 15 is 0 Å². The summed E-state index contributed by atoms with van der Waals surface area (Å²) in [4.78, 5) is 0. The summed E-state index contributed by atoms with van der Waals surface area (Å²) >= 11 is 6.75. The molecule has 0 aromatic heterocycles. The summed E-state index contributed by atoms with van der Waals surface area (Å²) in [5, 5.41) is 0.822. The highest BCUT2D eigenvalue weighted by Crippen LogP contribution is 2.38. The van der Waals surface area contributed by atoms with Crippen molar-refractivity contribution < 1.29 is 0 Å². The third-order valence-corrected chi connectivity index (χ3v) is 7.51. The van der Waals surface area contributed by atoms with Crippen LogP contribution < -0.4 is 0 Å². The van der Waals surface area contributed by atoms with Gasteiger partial charge in [0.2, 0.25) is 0 Å². The van der Waals surface area contributed by atoms with Gasteiger partial charge >= 0.3 is 0 Å². The largest absolute Gasteiger partial charge is 0.0836 e. The molecule has 0 unspecified atom stereocenters. The Hall–Kier alpha value is -2.05. The molecular weight excluding hydrogens is 444 g/mol. The molecule has 0 aliphatic rings. The SMILES string of the molecule is CCCCCCCCc1ccc(-c2cccc(Cl)c2-c2ccccc2)cc1CCCCCCCC. The number of hydrogen-bond acceptors (Lipinski definition) is 0. The van der Waals surface area contributed by atoms with Crippen molar-refractivity contribution in [2.24, 2.45) is 0 Å². The Kier molecular flexibility index (Phi) is 12.5. The molecule has 0 saturated carbocycles. The summed E-state index contributed by atoms with van der Waals surface area (Å²) in [6, 6.07) is 24.1. The third kappa shape index (κ3) is 8.84. The van der Waals surface area contributed by atoms with Crippen LogP contribution >= 0.6 is 11.6 Å². The van der Waals surface area contributed by atoms with Crippen molar-refractivity contribution in [2.75, 3.05) is 0 Å². The highest BCUT2D eigenvalue weighted by atomic mass is 35.5. The molecule has 0 amide bonds. The number of halogens is 1. The average molecular weight is 489 g/mol. The van der Waals surface area contributed by atoms with Crippen molar-refractivity contribution in [2.45, 2.75) is 104 Å². The first-order valence-electron chi connectivity index (χ1n) is 14.2. The maximum Gasteiger partial charge on any atom is 0.0490 e. The first-order chi connectivity index (χ1) is 17.2. The fourth-order valence-electron chi connectivity index (χ4n) is 5.12. The van der Waals surface area contributed by atoms with Crippen LogP contribution in [0.15, 0.2) is 66.7 Å². The van der Waals surface area contributed by atoms with Gasteiger partial charge in [0.05, 0.1) is 0 Å². The number of rotatable bonds is 16. The normalized spacial score (nSPS) is 11.2. The topological polar surface area (TPSA) is 0 Å². The minimum Gasteiger partial charge on any atom is -0.0836 e. The van der Waals surface area contributed by atoms with Crippen LogP contribution in [0.5, 0.6) is 0 Å². The minimum atomic E-state index is 0.822. The molecule has 0 N–H and O–H groups in total. The highest BCUT2D eigenvalue weighted by molar-refractivity contribution is 6.34. The molecule has 0 fully saturated rings. The van der Waals surface area contributed by atoms with Crippen LogP contribution in [0.3, 0.4) is 0 Å². The van der Waals surface area contributed by atoms with Crippen molar-refractivity contribution in [1.82, 2.24) is 0 Å². The molecule has 0 aliphatic carbocycles. The Morgan fingerprint density at radius 3 is 1.77 bits per heavy atom. The fourth-order valence-corrected chi connectivity index (χ4v) is 5.41. The molecule has 188 valence electrons. The molecule has 0 saturated heterocycles. The second-order valence-corrected chi connectivity index (χ2v) is 10.5. The first kappa shape index (κ1) is 27.5. The molecule has 0 atom stereocenters. The van der Waals surface area contributed by atoms with Crippen LogP contribution in [0.1, 0.15) is 102 Å². The van der Waals surface area contributed by atoms with Gasteiger partial charge in [0, 0.05) is 10.6 Å². The van der Waals surface area contributed by atoms with E-state index in [9.17, 15) is 0 Å². The number of hydrogen-bond donors (Lipinski definition) is 0. The van der Waals surface area contributed by atoms with Gasteiger partial charge in [-0.2, -0.15) is 0 Å². The van der Waals surface area contributed by atoms with E-state index in [2.05, 4.69) is 74.5 Å². The molecule has 35 heavy (non-hydrogen) atoms. The molecule has 0 radical (unpaired) electrons. The van der Waals surface area contributed by atoms with Crippen LogP contribution in [0.4, 0.5) is 0 Å². The van der Waals surface area contributed by atoms with Gasteiger partial charge in [0.1, 0.15) is 0 Å². The Labute approximate surface area is 220 Å². The van der Waals surface area contributed by atoms with E-state index in [1.165, 1.54) is 107 Å². The Bertz CT molecular complexity index is 989. The van der Waals surface area contributed by atoms with Gasteiger partial charge in [-0.05, 0) is 59.6 Å². The maximum atomic E-state index is 6.75. The predicted octanol–water partition coefficient (Wildman–Crippen LogP) is 11.5. The molecule has 3 rings (SSSR count). The molecule has 1 heteroatoms. The minimum absolute atomic E-state index is 0.822. The molecule has 0 spiro atoms. The van der Waals surface area contributed by atoms with Gasteiger partial charge < -0.3 is 0 Å². The quantitative estimate of drug-likeness (QED) is 0.176. The van der Waals surface area contributed by atoms with Crippen LogP contribution in [0.2, 0.25) is 5.02 Å². The van der Waals surface area contributed by atoms with Crippen LogP contribution in [-0.2, 0) is 12.8 Å². The summed E-state index contributed by atoms with van der Waals surface area (Å²) in [6.45, 7) is 4.58. The Balaban J connectivity index is 1.80. The Morgan fingerprint density at radius 2 is 1.11 bits per heavy atom. The van der Waals surface area contributed by atoms with Crippen molar-refractivity contribution in [3.8, 4) is 22.3 Å². The fraction of sp³-hybridized carbons (Fsp3) is 0.471. The smallest absolute Gasteiger partial charge is 0.0490 e. The van der Waals surface area contributed by atoms with E-state index in [-0.39, 0.29) is 0 Å². The Morgan fingerprint density at radius 1 is 0.514 bits per heavy atom. The van der Waals surface area contributed by atoms with E-state index in [1.807, 2.05) is 6.07 Å². The van der Waals surface area contributed by atoms with Crippen LogP contribution in [0, 0.1) is 0 Å². The summed E-state index contributed by atoms with van der Waals surface area (Å²) in [7, 11) is 0. The summed E-state index contributed by atoms with van der Waals surface area (Å²) in [5.74, 6) is 0. The van der Waals surface area contributed by atoms with Gasteiger partial charge in [0.15, 0.2) is 0 Å². The standard InChI is InChI=1S/C34H45Cl/c1-3-5-7-9-11-14-19-28-25-26-31(27-30(28)22-15-12-10-8-6-4-2)32-23-18-24-33(35)34(32)29-20-16-13-17-21-29/h13,16-18,20-21,23-27H,3-12,14-15,19,22H2,1-2H3. The van der Waals surface area contributed by atoms with E-state index in [4.69, 9.17) is 11.6 Å². The maximum absolute atomic E-state index is 6.75. The third-order valence-electron chi connectivity index (χ3n) is 7.19. The van der Waals surface area contributed by atoms with Crippen LogP contribution in [0.25, 0.3) is 22.3 Å². The summed E-state index contributed by atoms with van der Waals surface area (Å²) in [5.41, 5.74) is 7.95. The first-order valence-corrected chi connectivity index (χ1v) is 14.6. The zero-order valence-corrected chi connectivity index (χ0v) is 22.9. The van der Waals surface area contributed by atoms with E-state index in [1.54, 1.807) is 11.1 Å². The lowest BCUT2D eigenvalue weighted by molar-refractivity contribution is 0.599. The van der Waals surface area contributed by atoms with Crippen molar-refractivity contribution in [3.05, 3.63) is 82.9 Å². The summed E-state index contributed by atoms with van der Waals surface area (Å²) in [6.07, 6.45) is 18.6. The second kappa shape index (κ2) is 15.8.